The molecule has 0 spiro atoms. The lowest BCUT2D eigenvalue weighted by Crippen LogP contribution is -2.31. The van der Waals surface area contributed by atoms with Crippen molar-refractivity contribution in [3.63, 3.8) is 0 Å². The number of rotatable bonds is 4. The Balaban J connectivity index is 1.45. The number of hydrogen-bond donors (Lipinski definition) is 0. The van der Waals surface area contributed by atoms with Crippen molar-refractivity contribution in [1.82, 2.24) is 29.4 Å². The van der Waals surface area contributed by atoms with E-state index in [1.54, 1.807) is 11.3 Å². The quantitative estimate of drug-likeness (QED) is 0.622. The summed E-state index contributed by atoms with van der Waals surface area (Å²) in [5.74, 6) is 2.72. The fourth-order valence-electron chi connectivity index (χ4n) is 4.86. The number of amides is 1. The molecular weight excluding hydrogens is 396 g/mol. The zero-order valence-corrected chi connectivity index (χ0v) is 18.9. The van der Waals surface area contributed by atoms with Crippen LogP contribution in [0.3, 0.4) is 0 Å². The molecule has 1 amide bonds. The first-order valence-corrected chi connectivity index (χ1v) is 12.0. The van der Waals surface area contributed by atoms with Gasteiger partial charge in [0.2, 0.25) is 0 Å². The van der Waals surface area contributed by atoms with Gasteiger partial charge in [-0.05, 0) is 44.6 Å². The fourth-order valence-corrected chi connectivity index (χ4v) is 5.99. The molecular formula is C22H30N6OS. The monoisotopic (exact) mass is 426 g/mol. The highest BCUT2D eigenvalue weighted by Gasteiger charge is 2.35. The number of thiophene rings is 1. The van der Waals surface area contributed by atoms with Crippen molar-refractivity contribution in [2.24, 2.45) is 5.92 Å². The molecule has 30 heavy (non-hydrogen) atoms. The summed E-state index contributed by atoms with van der Waals surface area (Å²) >= 11 is 1.58. The van der Waals surface area contributed by atoms with Gasteiger partial charge in [-0.15, -0.1) is 21.5 Å². The summed E-state index contributed by atoms with van der Waals surface area (Å²) in [7, 11) is 0. The van der Waals surface area contributed by atoms with E-state index >= 15 is 0 Å². The van der Waals surface area contributed by atoms with E-state index in [1.807, 2.05) is 17.9 Å². The number of nitrogens with zero attached hydrogens (tertiary/aromatic N) is 6. The second-order valence-corrected chi connectivity index (χ2v) is 10.1. The van der Waals surface area contributed by atoms with Crippen LogP contribution in [-0.4, -0.2) is 41.9 Å². The Labute approximate surface area is 181 Å². The first-order chi connectivity index (χ1) is 14.5. The van der Waals surface area contributed by atoms with Crippen molar-refractivity contribution in [3.05, 3.63) is 28.3 Å². The molecule has 0 aliphatic carbocycles. The predicted molar refractivity (Wildman–Crippen MR) is 118 cm³/mol. The summed E-state index contributed by atoms with van der Waals surface area (Å²) in [6.45, 7) is 9.05. The Morgan fingerprint density at radius 2 is 2.07 bits per heavy atom. The standard InChI is InChI=1S/C22H30N6OS/c1-14(2)13-28-22-16(15(3)25-28)12-18(30-22)21(29)26-11-7-8-17(26)20-24-23-19-9-5-4-6-10-27(19)20/h12,14,17H,4-11,13H2,1-3H3. The van der Waals surface area contributed by atoms with Gasteiger partial charge in [0.25, 0.3) is 5.91 Å². The van der Waals surface area contributed by atoms with E-state index in [4.69, 9.17) is 0 Å². The minimum absolute atomic E-state index is 0.0373. The van der Waals surface area contributed by atoms with Gasteiger partial charge in [-0.1, -0.05) is 20.3 Å². The van der Waals surface area contributed by atoms with Gasteiger partial charge in [0.1, 0.15) is 10.7 Å². The van der Waals surface area contributed by atoms with E-state index < -0.39 is 0 Å². The number of carbonyl (C=O) groups is 1. The highest BCUT2D eigenvalue weighted by atomic mass is 32.1. The van der Waals surface area contributed by atoms with Crippen molar-refractivity contribution in [3.8, 4) is 0 Å². The van der Waals surface area contributed by atoms with Gasteiger partial charge < -0.3 is 9.47 Å². The number of likely N-dealkylation sites (tertiary alicyclic amines) is 1. The molecule has 1 fully saturated rings. The van der Waals surface area contributed by atoms with Crippen LogP contribution >= 0.6 is 11.3 Å². The number of hydrogen-bond acceptors (Lipinski definition) is 5. The van der Waals surface area contributed by atoms with Crippen molar-refractivity contribution in [1.29, 1.82) is 0 Å². The van der Waals surface area contributed by atoms with E-state index in [1.165, 1.54) is 19.3 Å². The lowest BCUT2D eigenvalue weighted by molar-refractivity contribution is 0.0732. The van der Waals surface area contributed by atoms with Crippen LogP contribution in [0.2, 0.25) is 0 Å². The Morgan fingerprint density at radius 3 is 2.90 bits per heavy atom. The molecule has 0 N–H and O–H groups in total. The van der Waals surface area contributed by atoms with Gasteiger partial charge in [0.05, 0.1) is 16.6 Å². The number of aryl methyl sites for hydroxylation is 2. The van der Waals surface area contributed by atoms with Gasteiger partial charge in [0, 0.05) is 31.4 Å². The number of aromatic nitrogens is 5. The third-order valence-electron chi connectivity index (χ3n) is 6.31. The molecule has 0 bridgehead atoms. The topological polar surface area (TPSA) is 68.8 Å². The average Bonchev–Trinajstić information content (AvgIpc) is 3.45. The number of carbonyl (C=O) groups excluding carboxylic acids is 1. The van der Waals surface area contributed by atoms with Crippen LogP contribution in [0.4, 0.5) is 0 Å². The maximum Gasteiger partial charge on any atom is 0.264 e. The molecule has 1 unspecified atom stereocenters. The minimum Gasteiger partial charge on any atom is -0.328 e. The van der Waals surface area contributed by atoms with Crippen molar-refractivity contribution in [2.75, 3.05) is 6.54 Å². The Bertz CT molecular complexity index is 1080. The van der Waals surface area contributed by atoms with Crippen LogP contribution in [0.1, 0.15) is 79.0 Å². The third kappa shape index (κ3) is 3.35. The minimum atomic E-state index is 0.0373. The maximum atomic E-state index is 13.6. The number of fused-ring (bicyclic) bond motifs is 2. The van der Waals surface area contributed by atoms with E-state index in [0.29, 0.717) is 5.92 Å². The van der Waals surface area contributed by atoms with Crippen molar-refractivity contribution < 1.29 is 4.79 Å². The Hall–Kier alpha value is -2.22. The third-order valence-corrected chi connectivity index (χ3v) is 7.44. The molecule has 3 aromatic heterocycles. The molecule has 2 aliphatic heterocycles. The van der Waals surface area contributed by atoms with Gasteiger partial charge in [-0.2, -0.15) is 5.10 Å². The first-order valence-electron chi connectivity index (χ1n) is 11.2. The molecule has 0 radical (unpaired) electrons. The summed E-state index contributed by atoms with van der Waals surface area (Å²) in [4.78, 5) is 17.5. The SMILES string of the molecule is Cc1nn(CC(C)C)c2sc(C(=O)N3CCCC3c3nnc4n3CCCCC4)cc12. The largest absolute Gasteiger partial charge is 0.328 e. The normalized spacial score (nSPS) is 19.6. The smallest absolute Gasteiger partial charge is 0.264 e. The van der Waals surface area contributed by atoms with Crippen LogP contribution in [-0.2, 0) is 19.5 Å². The second-order valence-electron chi connectivity index (χ2n) is 9.08. The van der Waals surface area contributed by atoms with E-state index in [2.05, 4.69) is 38.4 Å². The molecule has 5 rings (SSSR count). The average molecular weight is 427 g/mol. The maximum absolute atomic E-state index is 13.6. The van der Waals surface area contributed by atoms with Gasteiger partial charge in [-0.3, -0.25) is 9.48 Å². The second kappa shape index (κ2) is 7.80. The van der Waals surface area contributed by atoms with Crippen LogP contribution in [0.5, 0.6) is 0 Å². The molecule has 0 saturated carbocycles. The van der Waals surface area contributed by atoms with Crippen LogP contribution in [0.15, 0.2) is 6.07 Å². The van der Waals surface area contributed by atoms with Crippen LogP contribution in [0, 0.1) is 12.8 Å². The van der Waals surface area contributed by atoms with Gasteiger partial charge in [0.15, 0.2) is 5.82 Å². The zero-order valence-electron chi connectivity index (χ0n) is 18.1. The molecule has 5 heterocycles. The van der Waals surface area contributed by atoms with Crippen LogP contribution < -0.4 is 0 Å². The van der Waals surface area contributed by atoms with Crippen molar-refractivity contribution in [2.45, 2.75) is 78.4 Å². The van der Waals surface area contributed by atoms with Gasteiger partial charge in [-0.25, -0.2) is 0 Å². The lowest BCUT2D eigenvalue weighted by Gasteiger charge is -2.24. The van der Waals surface area contributed by atoms with E-state index in [0.717, 1.165) is 71.3 Å². The molecule has 2 aliphatic rings. The first kappa shape index (κ1) is 19.7. The summed E-state index contributed by atoms with van der Waals surface area (Å²) in [5, 5.41) is 14.8. The molecule has 7 nitrogen and oxygen atoms in total. The molecule has 8 heteroatoms. The van der Waals surface area contributed by atoms with Crippen LogP contribution in [0.25, 0.3) is 10.2 Å². The fraction of sp³-hybridized carbons (Fsp3) is 0.636. The van der Waals surface area contributed by atoms with E-state index in [-0.39, 0.29) is 11.9 Å². The Morgan fingerprint density at radius 1 is 1.20 bits per heavy atom. The lowest BCUT2D eigenvalue weighted by atomic mass is 10.2. The zero-order chi connectivity index (χ0) is 20.8. The molecule has 1 atom stereocenters. The molecule has 1 saturated heterocycles. The highest BCUT2D eigenvalue weighted by molar-refractivity contribution is 7.20. The summed E-state index contributed by atoms with van der Waals surface area (Å²) < 4.78 is 4.36. The molecule has 3 aromatic rings. The Kier molecular flexibility index (Phi) is 5.13. The molecule has 160 valence electrons. The van der Waals surface area contributed by atoms with E-state index in [9.17, 15) is 4.79 Å². The predicted octanol–water partition coefficient (Wildman–Crippen LogP) is 4.36. The summed E-state index contributed by atoms with van der Waals surface area (Å²) in [6, 6.07) is 2.08. The summed E-state index contributed by atoms with van der Waals surface area (Å²) in [6.07, 6.45) is 6.57. The summed E-state index contributed by atoms with van der Waals surface area (Å²) in [5.41, 5.74) is 1.00. The molecule has 0 aromatic carbocycles. The van der Waals surface area contributed by atoms with Crippen molar-refractivity contribution >= 4 is 27.5 Å². The van der Waals surface area contributed by atoms with Gasteiger partial charge >= 0.3 is 0 Å². The highest BCUT2D eigenvalue weighted by Crippen LogP contribution is 2.36.